The van der Waals surface area contributed by atoms with Crippen molar-refractivity contribution in [3.05, 3.63) is 36.0 Å². The Morgan fingerprint density at radius 1 is 1.26 bits per heavy atom. The first-order chi connectivity index (χ1) is 9.13. The summed E-state index contributed by atoms with van der Waals surface area (Å²) in [6, 6.07) is 9.36. The molecule has 0 spiro atoms. The zero-order valence-electron chi connectivity index (χ0n) is 11.9. The molecule has 0 radical (unpaired) electrons. The summed E-state index contributed by atoms with van der Waals surface area (Å²) in [6.07, 6.45) is 3.24. The first-order valence-electron chi connectivity index (χ1n) is 6.91. The number of pyridine rings is 1. The van der Waals surface area contributed by atoms with Crippen LogP contribution < -0.4 is 4.90 Å². The number of anilines is 1. The van der Waals surface area contributed by atoms with E-state index in [9.17, 15) is 0 Å². The van der Waals surface area contributed by atoms with Gasteiger partial charge in [0.25, 0.3) is 0 Å². The summed E-state index contributed by atoms with van der Waals surface area (Å²) in [5, 5.41) is 1.24. The number of nitrogens with zero attached hydrogens (tertiary/aromatic N) is 3. The van der Waals surface area contributed by atoms with E-state index in [0.29, 0.717) is 6.04 Å². The van der Waals surface area contributed by atoms with Gasteiger partial charge in [0, 0.05) is 24.5 Å². The van der Waals surface area contributed by atoms with Crippen molar-refractivity contribution >= 4 is 16.6 Å². The first kappa shape index (κ1) is 12.4. The third-order valence-corrected chi connectivity index (χ3v) is 4.08. The van der Waals surface area contributed by atoms with E-state index >= 15 is 0 Å². The SMILES string of the molecule is Cc1ccc2ncc(N3CC[C@H](N(C)C)C3)cc2c1. The second-order valence-corrected chi connectivity index (χ2v) is 5.74. The molecule has 19 heavy (non-hydrogen) atoms. The van der Waals surface area contributed by atoms with Crippen LogP contribution in [0.4, 0.5) is 5.69 Å². The summed E-state index contributed by atoms with van der Waals surface area (Å²) in [5.41, 5.74) is 3.62. The van der Waals surface area contributed by atoms with Crippen LogP contribution in [0.15, 0.2) is 30.5 Å². The van der Waals surface area contributed by atoms with Gasteiger partial charge in [-0.05, 0) is 45.6 Å². The lowest BCUT2D eigenvalue weighted by atomic mass is 10.1. The van der Waals surface area contributed by atoms with Crippen LogP contribution >= 0.6 is 0 Å². The van der Waals surface area contributed by atoms with Crippen molar-refractivity contribution in [2.75, 3.05) is 32.1 Å². The van der Waals surface area contributed by atoms with Gasteiger partial charge in [0.05, 0.1) is 17.4 Å². The van der Waals surface area contributed by atoms with Crippen LogP contribution in [0, 0.1) is 6.92 Å². The van der Waals surface area contributed by atoms with E-state index in [1.54, 1.807) is 0 Å². The van der Waals surface area contributed by atoms with Gasteiger partial charge < -0.3 is 9.80 Å². The van der Waals surface area contributed by atoms with Gasteiger partial charge in [-0.3, -0.25) is 4.98 Å². The maximum atomic E-state index is 4.58. The molecule has 0 saturated carbocycles. The van der Waals surface area contributed by atoms with Gasteiger partial charge in [0.2, 0.25) is 0 Å². The second kappa shape index (κ2) is 4.82. The Balaban J connectivity index is 1.89. The van der Waals surface area contributed by atoms with Crippen LogP contribution in [-0.2, 0) is 0 Å². The molecule has 3 rings (SSSR count). The molecule has 2 aromatic rings. The van der Waals surface area contributed by atoms with Crippen LogP contribution in [-0.4, -0.2) is 43.1 Å². The molecule has 0 bridgehead atoms. The number of hydrogen-bond donors (Lipinski definition) is 0. The highest BCUT2D eigenvalue weighted by Crippen LogP contribution is 2.25. The Kier molecular flexibility index (Phi) is 3.15. The topological polar surface area (TPSA) is 19.4 Å². The van der Waals surface area contributed by atoms with Crippen molar-refractivity contribution < 1.29 is 0 Å². The fourth-order valence-electron chi connectivity index (χ4n) is 2.81. The average molecular weight is 255 g/mol. The molecule has 3 heteroatoms. The van der Waals surface area contributed by atoms with E-state index in [0.717, 1.165) is 18.6 Å². The van der Waals surface area contributed by atoms with E-state index in [-0.39, 0.29) is 0 Å². The number of rotatable bonds is 2. The fourth-order valence-corrected chi connectivity index (χ4v) is 2.81. The molecule has 3 nitrogen and oxygen atoms in total. The predicted molar refractivity (Wildman–Crippen MR) is 80.8 cm³/mol. The van der Waals surface area contributed by atoms with Crippen LogP contribution in [0.3, 0.4) is 0 Å². The van der Waals surface area contributed by atoms with E-state index in [4.69, 9.17) is 0 Å². The summed E-state index contributed by atoms with van der Waals surface area (Å²) in [5.74, 6) is 0. The van der Waals surface area contributed by atoms with Crippen LogP contribution in [0.25, 0.3) is 10.9 Å². The Morgan fingerprint density at radius 2 is 2.11 bits per heavy atom. The predicted octanol–water partition coefficient (Wildman–Crippen LogP) is 2.68. The van der Waals surface area contributed by atoms with Crippen LogP contribution in [0.5, 0.6) is 0 Å². The highest BCUT2D eigenvalue weighted by Gasteiger charge is 2.24. The highest BCUT2D eigenvalue weighted by atomic mass is 15.2. The molecule has 2 heterocycles. The molecule has 0 aliphatic carbocycles. The van der Waals surface area contributed by atoms with Gasteiger partial charge in [-0.25, -0.2) is 0 Å². The second-order valence-electron chi connectivity index (χ2n) is 5.74. The summed E-state index contributed by atoms with van der Waals surface area (Å²) < 4.78 is 0. The van der Waals surface area contributed by atoms with Gasteiger partial charge in [-0.2, -0.15) is 0 Å². The molecular weight excluding hydrogens is 234 g/mol. The van der Waals surface area contributed by atoms with Gasteiger partial charge in [0.15, 0.2) is 0 Å². The van der Waals surface area contributed by atoms with Crippen molar-refractivity contribution in [2.45, 2.75) is 19.4 Å². The summed E-state index contributed by atoms with van der Waals surface area (Å²) >= 11 is 0. The first-order valence-corrected chi connectivity index (χ1v) is 6.91. The zero-order valence-corrected chi connectivity index (χ0v) is 11.9. The van der Waals surface area contributed by atoms with Gasteiger partial charge in [-0.15, -0.1) is 0 Å². The zero-order chi connectivity index (χ0) is 13.4. The average Bonchev–Trinajstić information content (AvgIpc) is 2.87. The Hall–Kier alpha value is -1.61. The van der Waals surface area contributed by atoms with E-state index < -0.39 is 0 Å². The van der Waals surface area contributed by atoms with Gasteiger partial charge in [-0.1, -0.05) is 11.6 Å². The van der Waals surface area contributed by atoms with Crippen molar-refractivity contribution in [2.24, 2.45) is 0 Å². The molecule has 1 aromatic carbocycles. The van der Waals surface area contributed by atoms with Gasteiger partial charge >= 0.3 is 0 Å². The quantitative estimate of drug-likeness (QED) is 0.822. The third-order valence-electron chi connectivity index (χ3n) is 4.08. The normalized spacial score (nSPS) is 19.6. The van der Waals surface area contributed by atoms with Crippen molar-refractivity contribution in [3.8, 4) is 0 Å². The van der Waals surface area contributed by atoms with Crippen molar-refractivity contribution in [1.82, 2.24) is 9.88 Å². The summed E-state index contributed by atoms with van der Waals surface area (Å²) in [6.45, 7) is 4.36. The monoisotopic (exact) mass is 255 g/mol. The fraction of sp³-hybridized carbons (Fsp3) is 0.438. The molecule has 0 unspecified atom stereocenters. The number of benzene rings is 1. The Bertz CT molecular complexity index is 592. The molecule has 1 saturated heterocycles. The van der Waals surface area contributed by atoms with Crippen molar-refractivity contribution in [1.29, 1.82) is 0 Å². The molecule has 0 amide bonds. The molecule has 1 aromatic heterocycles. The molecule has 1 aliphatic rings. The smallest absolute Gasteiger partial charge is 0.0703 e. The number of fused-ring (bicyclic) bond motifs is 1. The highest BCUT2D eigenvalue weighted by molar-refractivity contribution is 5.82. The van der Waals surface area contributed by atoms with E-state index in [1.165, 1.54) is 23.1 Å². The lowest BCUT2D eigenvalue weighted by Crippen LogP contribution is -2.31. The van der Waals surface area contributed by atoms with Crippen LogP contribution in [0.2, 0.25) is 0 Å². The Labute approximate surface area is 114 Å². The maximum Gasteiger partial charge on any atom is 0.0703 e. The standard InChI is InChI=1S/C16H21N3/c1-12-4-5-16-13(8-12)9-15(10-17-16)19-7-6-14(11-19)18(2)3/h4-5,8-10,14H,6-7,11H2,1-3H3/t14-/m0/s1. The minimum Gasteiger partial charge on any atom is -0.369 e. The Morgan fingerprint density at radius 3 is 2.84 bits per heavy atom. The molecule has 1 atom stereocenters. The lowest BCUT2D eigenvalue weighted by molar-refractivity contribution is 0.315. The minimum atomic E-state index is 0.660. The van der Waals surface area contributed by atoms with Gasteiger partial charge in [0.1, 0.15) is 0 Å². The largest absolute Gasteiger partial charge is 0.369 e. The minimum absolute atomic E-state index is 0.660. The van der Waals surface area contributed by atoms with E-state index in [1.807, 2.05) is 6.20 Å². The third kappa shape index (κ3) is 2.43. The van der Waals surface area contributed by atoms with Crippen LogP contribution in [0.1, 0.15) is 12.0 Å². The molecular formula is C16H21N3. The number of aryl methyl sites for hydroxylation is 1. The summed E-state index contributed by atoms with van der Waals surface area (Å²) in [7, 11) is 4.33. The number of hydrogen-bond acceptors (Lipinski definition) is 3. The number of likely N-dealkylation sites (N-methyl/N-ethyl adjacent to an activating group) is 1. The molecule has 100 valence electrons. The van der Waals surface area contributed by atoms with E-state index in [2.05, 4.69) is 60.1 Å². The maximum absolute atomic E-state index is 4.58. The number of aromatic nitrogens is 1. The summed E-state index contributed by atoms with van der Waals surface area (Å²) in [4.78, 5) is 9.34. The van der Waals surface area contributed by atoms with Crippen molar-refractivity contribution in [3.63, 3.8) is 0 Å². The molecule has 0 N–H and O–H groups in total. The molecule has 1 fully saturated rings. The molecule has 1 aliphatic heterocycles. The lowest BCUT2D eigenvalue weighted by Gasteiger charge is -2.21.